The molecule has 0 aromatic heterocycles. The molecule has 0 radical (unpaired) electrons. The zero-order valence-corrected chi connectivity index (χ0v) is 17.0. The van der Waals surface area contributed by atoms with E-state index in [2.05, 4.69) is 20.8 Å². The SMILES string of the molecule is CCCC[C]([SnH3])(C(C)C)C1CCCCC1. The fourth-order valence-electron chi connectivity index (χ4n) is 3.28. The van der Waals surface area contributed by atoms with Crippen LogP contribution in [-0.2, 0) is 0 Å². The molecule has 1 rings (SSSR count). The number of hydrogen-bond donors (Lipinski definition) is 0. The first-order valence-corrected chi connectivity index (χ1v) is 9.96. The third-order valence-electron chi connectivity index (χ3n) is 4.93. The van der Waals surface area contributed by atoms with E-state index >= 15 is 0 Å². The van der Waals surface area contributed by atoms with Crippen LogP contribution in [0.3, 0.4) is 0 Å². The van der Waals surface area contributed by atoms with Gasteiger partial charge >= 0.3 is 110 Å². The summed E-state index contributed by atoms with van der Waals surface area (Å²) in [7, 11) is 0. The Balaban J connectivity index is 2.61. The van der Waals surface area contributed by atoms with E-state index in [1.165, 1.54) is 32.1 Å². The van der Waals surface area contributed by atoms with Gasteiger partial charge in [-0.1, -0.05) is 0 Å². The van der Waals surface area contributed by atoms with Crippen molar-refractivity contribution in [1.82, 2.24) is 0 Å². The van der Waals surface area contributed by atoms with Crippen LogP contribution in [0.5, 0.6) is 0 Å². The molecule has 0 N–H and O–H groups in total. The molecule has 0 spiro atoms. The van der Waals surface area contributed by atoms with E-state index in [0.717, 1.165) is 37.8 Å². The number of unbranched alkanes of at least 4 members (excludes halogenated alkanes) is 1. The van der Waals surface area contributed by atoms with Crippen molar-refractivity contribution in [1.29, 1.82) is 0 Å². The predicted molar refractivity (Wildman–Crippen MR) is 73.6 cm³/mol. The van der Waals surface area contributed by atoms with Gasteiger partial charge in [0.2, 0.25) is 0 Å². The van der Waals surface area contributed by atoms with Crippen LogP contribution in [-0.4, -0.2) is 22.5 Å². The molecular formula is C14H30Sn. The molecule has 1 fully saturated rings. The fraction of sp³-hybridized carbons (Fsp3) is 1.00. The molecule has 0 heterocycles. The zero-order valence-electron chi connectivity index (χ0n) is 11.3. The second-order valence-electron chi connectivity index (χ2n) is 6.10. The van der Waals surface area contributed by atoms with Gasteiger partial charge in [-0.2, -0.15) is 0 Å². The number of hydrogen-bond acceptors (Lipinski definition) is 0. The van der Waals surface area contributed by atoms with Gasteiger partial charge in [-0.3, -0.25) is 0 Å². The zero-order chi connectivity index (χ0) is 11.3. The van der Waals surface area contributed by atoms with Crippen LogP contribution in [0.4, 0.5) is 0 Å². The molecule has 1 heteroatoms. The maximum absolute atomic E-state index is 2.49. The van der Waals surface area contributed by atoms with E-state index in [0.29, 0.717) is 0 Å². The summed E-state index contributed by atoms with van der Waals surface area (Å²) < 4.78 is 0.831. The van der Waals surface area contributed by atoms with Crippen LogP contribution >= 0.6 is 0 Å². The molecule has 1 aliphatic carbocycles. The molecule has 1 aliphatic rings. The summed E-state index contributed by atoms with van der Waals surface area (Å²) in [6, 6.07) is 0. The van der Waals surface area contributed by atoms with Crippen LogP contribution in [0.2, 0.25) is 3.43 Å². The Morgan fingerprint density at radius 2 is 1.80 bits per heavy atom. The van der Waals surface area contributed by atoms with E-state index in [-0.39, 0.29) is 0 Å². The van der Waals surface area contributed by atoms with Gasteiger partial charge in [-0.25, -0.2) is 0 Å². The quantitative estimate of drug-likeness (QED) is 0.674. The summed E-state index contributed by atoms with van der Waals surface area (Å²) in [5, 5.41) is 0. The van der Waals surface area contributed by atoms with Crippen molar-refractivity contribution in [2.24, 2.45) is 11.8 Å². The van der Waals surface area contributed by atoms with Crippen LogP contribution in [0.25, 0.3) is 0 Å². The van der Waals surface area contributed by atoms with Gasteiger partial charge in [0.15, 0.2) is 0 Å². The topological polar surface area (TPSA) is 0 Å². The Bertz CT molecular complexity index is 170. The molecule has 1 atom stereocenters. The molecule has 0 aromatic carbocycles. The standard InChI is InChI=1S/C14H27.Sn.3H/c1-4-5-11-14(12(2)3)13-9-7-6-8-10-13;;;;/h12-13H,4-11H2,1-3H3;;;;. The molecule has 0 aliphatic heterocycles. The van der Waals surface area contributed by atoms with Crippen molar-refractivity contribution in [2.75, 3.05) is 0 Å². The van der Waals surface area contributed by atoms with Gasteiger partial charge in [0.05, 0.1) is 0 Å². The average molecular weight is 317 g/mol. The Morgan fingerprint density at radius 1 is 1.20 bits per heavy atom. The predicted octanol–water partition coefficient (Wildman–Crippen LogP) is 3.94. The van der Waals surface area contributed by atoms with Crippen LogP contribution in [0, 0.1) is 11.8 Å². The third-order valence-corrected chi connectivity index (χ3v) is 12.0. The van der Waals surface area contributed by atoms with E-state index in [4.69, 9.17) is 0 Å². The van der Waals surface area contributed by atoms with E-state index in [1.54, 1.807) is 19.3 Å². The average Bonchev–Trinajstić information content (AvgIpc) is 2.27. The fourth-order valence-corrected chi connectivity index (χ4v) is 5.94. The van der Waals surface area contributed by atoms with E-state index in [9.17, 15) is 0 Å². The molecule has 90 valence electrons. The molecule has 0 aromatic rings. The van der Waals surface area contributed by atoms with Crippen LogP contribution in [0.1, 0.15) is 72.1 Å². The minimum absolute atomic E-state index is 0.819. The molecule has 15 heavy (non-hydrogen) atoms. The van der Waals surface area contributed by atoms with Crippen molar-refractivity contribution >= 4 is 22.5 Å². The van der Waals surface area contributed by atoms with Gasteiger partial charge in [-0.05, 0) is 0 Å². The molecule has 0 saturated heterocycles. The maximum atomic E-state index is 2.49. The third kappa shape index (κ3) is 3.64. The van der Waals surface area contributed by atoms with Gasteiger partial charge in [0.25, 0.3) is 0 Å². The Morgan fingerprint density at radius 3 is 2.27 bits per heavy atom. The van der Waals surface area contributed by atoms with Gasteiger partial charge in [-0.15, -0.1) is 0 Å². The molecule has 1 unspecified atom stereocenters. The monoisotopic (exact) mass is 318 g/mol. The van der Waals surface area contributed by atoms with Gasteiger partial charge < -0.3 is 0 Å². The first kappa shape index (κ1) is 13.9. The van der Waals surface area contributed by atoms with Crippen LogP contribution < -0.4 is 0 Å². The van der Waals surface area contributed by atoms with Crippen molar-refractivity contribution in [3.8, 4) is 0 Å². The van der Waals surface area contributed by atoms with Crippen LogP contribution in [0.15, 0.2) is 0 Å². The first-order chi connectivity index (χ1) is 7.11. The Labute approximate surface area is 110 Å². The number of rotatable bonds is 5. The summed E-state index contributed by atoms with van der Waals surface area (Å²) in [5.74, 6) is 2.05. The van der Waals surface area contributed by atoms with Crippen molar-refractivity contribution in [3.63, 3.8) is 0 Å². The van der Waals surface area contributed by atoms with Crippen molar-refractivity contribution < 1.29 is 0 Å². The Hall–Kier alpha value is 0.799. The van der Waals surface area contributed by atoms with E-state index < -0.39 is 0 Å². The summed E-state index contributed by atoms with van der Waals surface area (Å²) in [5.41, 5.74) is 0. The summed E-state index contributed by atoms with van der Waals surface area (Å²) in [4.78, 5) is 0. The molecule has 0 amide bonds. The van der Waals surface area contributed by atoms with E-state index in [1.807, 2.05) is 0 Å². The van der Waals surface area contributed by atoms with Crippen molar-refractivity contribution in [3.05, 3.63) is 0 Å². The molecule has 0 nitrogen and oxygen atoms in total. The second kappa shape index (κ2) is 6.51. The summed E-state index contributed by atoms with van der Waals surface area (Å²) in [6.07, 6.45) is 12.1. The van der Waals surface area contributed by atoms with Gasteiger partial charge in [0, 0.05) is 0 Å². The normalized spacial score (nSPS) is 23.2. The molecule has 0 bridgehead atoms. The van der Waals surface area contributed by atoms with Gasteiger partial charge in [0.1, 0.15) is 0 Å². The second-order valence-corrected chi connectivity index (χ2v) is 11.4. The Kier molecular flexibility index (Phi) is 6.02. The first-order valence-electron chi connectivity index (χ1n) is 7.11. The summed E-state index contributed by atoms with van der Waals surface area (Å²) in [6.45, 7) is 7.32. The minimum atomic E-state index is 0.819. The molecular weight excluding hydrogens is 287 g/mol. The summed E-state index contributed by atoms with van der Waals surface area (Å²) >= 11 is 0.819. The molecule has 1 saturated carbocycles. The van der Waals surface area contributed by atoms with Crippen molar-refractivity contribution in [2.45, 2.75) is 75.6 Å².